The summed E-state index contributed by atoms with van der Waals surface area (Å²) in [5.74, 6) is 0.641. The van der Waals surface area contributed by atoms with E-state index in [-0.39, 0.29) is 12.2 Å². The molecule has 1 heterocycles. The minimum Gasteiger partial charge on any atom is -0.486 e. The van der Waals surface area contributed by atoms with Crippen molar-refractivity contribution in [2.24, 2.45) is 0 Å². The normalized spacial score (nSPS) is 13.8. The van der Waals surface area contributed by atoms with E-state index < -0.39 is 12.1 Å². The molecule has 5 heteroatoms. The summed E-state index contributed by atoms with van der Waals surface area (Å²) in [5.41, 5.74) is 3.45. The van der Waals surface area contributed by atoms with Gasteiger partial charge < -0.3 is 14.2 Å². The lowest BCUT2D eigenvalue weighted by molar-refractivity contribution is -0.145. The Morgan fingerprint density at radius 2 is 1.73 bits per heavy atom. The number of Topliss-reactive ketones (excluding diaryl/α,β-unsaturated/α-hetero) is 1. The van der Waals surface area contributed by atoms with Gasteiger partial charge in [0.05, 0.1) is 6.42 Å². The van der Waals surface area contributed by atoms with Crippen LogP contribution in [0.1, 0.15) is 34.0 Å². The van der Waals surface area contributed by atoms with Gasteiger partial charge in [0, 0.05) is 5.56 Å². The monoisotopic (exact) mass is 354 g/mol. The molecule has 1 unspecified atom stereocenters. The smallest absolute Gasteiger partial charge is 0.310 e. The fraction of sp³-hybridized carbons (Fsp3) is 0.333. The van der Waals surface area contributed by atoms with E-state index in [9.17, 15) is 9.59 Å². The predicted octanol–water partition coefficient (Wildman–Crippen LogP) is 3.43. The topological polar surface area (TPSA) is 61.8 Å². The molecular formula is C21H22O5. The minimum atomic E-state index is -0.832. The molecule has 2 aromatic carbocycles. The molecule has 2 aromatic rings. The van der Waals surface area contributed by atoms with Crippen LogP contribution in [0.25, 0.3) is 0 Å². The van der Waals surface area contributed by atoms with Crippen molar-refractivity contribution in [2.45, 2.75) is 33.3 Å². The molecule has 0 bridgehead atoms. The maximum Gasteiger partial charge on any atom is 0.310 e. The van der Waals surface area contributed by atoms with Crippen molar-refractivity contribution in [2.75, 3.05) is 13.2 Å². The molecule has 3 rings (SSSR count). The highest BCUT2D eigenvalue weighted by Crippen LogP contribution is 2.31. The van der Waals surface area contributed by atoms with Crippen LogP contribution >= 0.6 is 0 Å². The summed E-state index contributed by atoms with van der Waals surface area (Å²) in [6, 6.07) is 10.8. The molecule has 0 fully saturated rings. The van der Waals surface area contributed by atoms with Gasteiger partial charge in [-0.15, -0.1) is 0 Å². The fourth-order valence-electron chi connectivity index (χ4n) is 2.79. The van der Waals surface area contributed by atoms with Crippen LogP contribution in [0, 0.1) is 13.8 Å². The predicted molar refractivity (Wildman–Crippen MR) is 96.9 cm³/mol. The van der Waals surface area contributed by atoms with Crippen LogP contribution < -0.4 is 9.47 Å². The Kier molecular flexibility index (Phi) is 5.26. The third-order valence-electron chi connectivity index (χ3n) is 4.42. The summed E-state index contributed by atoms with van der Waals surface area (Å²) in [6.45, 7) is 6.54. The highest BCUT2D eigenvalue weighted by Gasteiger charge is 2.21. The van der Waals surface area contributed by atoms with Gasteiger partial charge in [0.25, 0.3) is 0 Å². The number of hydrogen-bond acceptors (Lipinski definition) is 5. The van der Waals surface area contributed by atoms with Crippen molar-refractivity contribution in [1.82, 2.24) is 0 Å². The molecule has 0 amide bonds. The number of fused-ring (bicyclic) bond motifs is 1. The van der Waals surface area contributed by atoms with Gasteiger partial charge in [-0.2, -0.15) is 0 Å². The second-order valence-corrected chi connectivity index (χ2v) is 6.45. The van der Waals surface area contributed by atoms with Crippen molar-refractivity contribution >= 4 is 11.8 Å². The summed E-state index contributed by atoms with van der Waals surface area (Å²) in [5, 5.41) is 0. The quantitative estimate of drug-likeness (QED) is 0.608. The van der Waals surface area contributed by atoms with E-state index >= 15 is 0 Å². The first kappa shape index (κ1) is 18.0. The number of rotatable bonds is 5. The zero-order chi connectivity index (χ0) is 18.7. The average Bonchev–Trinajstić information content (AvgIpc) is 2.63. The summed E-state index contributed by atoms with van der Waals surface area (Å²) in [6.07, 6.45) is -0.761. The van der Waals surface area contributed by atoms with Crippen LogP contribution in [-0.4, -0.2) is 31.1 Å². The highest BCUT2D eigenvalue weighted by molar-refractivity contribution is 6.00. The molecule has 0 saturated carbocycles. The van der Waals surface area contributed by atoms with Crippen LogP contribution in [0.2, 0.25) is 0 Å². The molecule has 26 heavy (non-hydrogen) atoms. The molecule has 0 saturated heterocycles. The molecule has 1 aliphatic rings. The third kappa shape index (κ3) is 4.04. The lowest BCUT2D eigenvalue weighted by Crippen LogP contribution is -2.25. The standard InChI is InChI=1S/C21H22O5/c1-13-4-6-17(10-14(13)2)21(23)15(3)26-20(22)12-16-5-7-18-19(11-16)25-9-8-24-18/h4-7,10-11,15H,8-9,12H2,1-3H3. The van der Waals surface area contributed by atoms with E-state index in [4.69, 9.17) is 14.2 Å². The Balaban J connectivity index is 1.62. The Labute approximate surface area is 152 Å². The maximum atomic E-state index is 12.5. The highest BCUT2D eigenvalue weighted by atomic mass is 16.6. The summed E-state index contributed by atoms with van der Waals surface area (Å²) < 4.78 is 16.3. The van der Waals surface area contributed by atoms with E-state index in [1.54, 1.807) is 31.2 Å². The zero-order valence-corrected chi connectivity index (χ0v) is 15.2. The van der Waals surface area contributed by atoms with Crippen LogP contribution in [0.15, 0.2) is 36.4 Å². The van der Waals surface area contributed by atoms with Gasteiger partial charge in [0.2, 0.25) is 5.78 Å². The molecule has 1 aliphatic heterocycles. The first-order valence-corrected chi connectivity index (χ1v) is 8.63. The second kappa shape index (κ2) is 7.60. The van der Waals surface area contributed by atoms with E-state index in [1.807, 2.05) is 26.0 Å². The van der Waals surface area contributed by atoms with Gasteiger partial charge in [-0.25, -0.2) is 0 Å². The van der Waals surface area contributed by atoms with E-state index in [2.05, 4.69) is 0 Å². The third-order valence-corrected chi connectivity index (χ3v) is 4.42. The molecule has 0 radical (unpaired) electrons. The number of esters is 1. The van der Waals surface area contributed by atoms with Crippen molar-refractivity contribution in [1.29, 1.82) is 0 Å². The fourth-order valence-corrected chi connectivity index (χ4v) is 2.79. The molecule has 5 nitrogen and oxygen atoms in total. The van der Waals surface area contributed by atoms with Crippen LogP contribution in [-0.2, 0) is 16.0 Å². The molecule has 0 aliphatic carbocycles. The van der Waals surface area contributed by atoms with Crippen LogP contribution in [0.4, 0.5) is 0 Å². The first-order chi connectivity index (χ1) is 12.4. The van der Waals surface area contributed by atoms with Gasteiger partial charge in [0.15, 0.2) is 17.6 Å². The van der Waals surface area contributed by atoms with Crippen molar-refractivity contribution in [3.63, 3.8) is 0 Å². The molecular weight excluding hydrogens is 332 g/mol. The number of ketones is 1. The minimum absolute atomic E-state index is 0.0706. The number of carbonyl (C=O) groups is 2. The number of aryl methyl sites for hydroxylation is 2. The Bertz CT molecular complexity index is 840. The van der Waals surface area contributed by atoms with Gasteiger partial charge in [-0.1, -0.05) is 18.2 Å². The summed E-state index contributed by atoms with van der Waals surface area (Å²) in [4.78, 5) is 24.7. The molecule has 0 N–H and O–H groups in total. The summed E-state index contributed by atoms with van der Waals surface area (Å²) >= 11 is 0. The largest absolute Gasteiger partial charge is 0.486 e. The van der Waals surface area contributed by atoms with Gasteiger partial charge in [-0.05, 0) is 55.7 Å². The van der Waals surface area contributed by atoms with Crippen LogP contribution in [0.5, 0.6) is 11.5 Å². The second-order valence-electron chi connectivity index (χ2n) is 6.45. The molecule has 1 atom stereocenters. The number of benzene rings is 2. The van der Waals surface area contributed by atoms with Crippen molar-refractivity contribution < 1.29 is 23.8 Å². The van der Waals surface area contributed by atoms with Gasteiger partial charge in [-0.3, -0.25) is 9.59 Å². The van der Waals surface area contributed by atoms with Gasteiger partial charge >= 0.3 is 5.97 Å². The van der Waals surface area contributed by atoms with E-state index in [0.717, 1.165) is 16.7 Å². The maximum absolute atomic E-state index is 12.5. The van der Waals surface area contributed by atoms with Gasteiger partial charge in [0.1, 0.15) is 13.2 Å². The SMILES string of the molecule is Cc1ccc(C(=O)C(C)OC(=O)Cc2ccc3c(c2)OCCO3)cc1C. The number of carbonyl (C=O) groups excluding carboxylic acids is 2. The summed E-state index contributed by atoms with van der Waals surface area (Å²) in [7, 11) is 0. The zero-order valence-electron chi connectivity index (χ0n) is 15.2. The Morgan fingerprint density at radius 3 is 2.46 bits per heavy atom. The van der Waals surface area contributed by atoms with Crippen LogP contribution in [0.3, 0.4) is 0 Å². The van der Waals surface area contributed by atoms with E-state index in [1.165, 1.54) is 0 Å². The first-order valence-electron chi connectivity index (χ1n) is 8.63. The lowest BCUT2D eigenvalue weighted by Gasteiger charge is -2.19. The Morgan fingerprint density at radius 1 is 1.00 bits per heavy atom. The lowest BCUT2D eigenvalue weighted by atomic mass is 10.0. The number of ether oxygens (including phenoxy) is 3. The number of hydrogen-bond donors (Lipinski definition) is 0. The molecule has 0 spiro atoms. The average molecular weight is 354 g/mol. The van der Waals surface area contributed by atoms with E-state index in [0.29, 0.717) is 30.3 Å². The molecule has 136 valence electrons. The van der Waals surface area contributed by atoms with Crippen molar-refractivity contribution in [3.8, 4) is 11.5 Å². The molecule has 0 aromatic heterocycles. The Hall–Kier alpha value is -2.82. The van der Waals surface area contributed by atoms with Crippen molar-refractivity contribution in [3.05, 3.63) is 58.7 Å².